The lowest BCUT2D eigenvalue weighted by molar-refractivity contribution is -0.254. The van der Waals surface area contributed by atoms with E-state index >= 15 is 26.3 Å². The molecule has 0 saturated heterocycles. The van der Waals surface area contributed by atoms with Gasteiger partial charge in [-0.1, -0.05) is 54.6 Å². The molecule has 5 aromatic rings. The molecule has 0 atom stereocenters. The minimum atomic E-state index is -5.59. The van der Waals surface area contributed by atoms with Gasteiger partial charge in [0.1, 0.15) is 0 Å². The van der Waals surface area contributed by atoms with E-state index in [2.05, 4.69) is 6.07 Å². The predicted molar refractivity (Wildman–Crippen MR) is 151 cm³/mol. The topological polar surface area (TPSA) is 0 Å². The highest BCUT2D eigenvalue weighted by Gasteiger charge is 2.80. The van der Waals surface area contributed by atoms with Crippen LogP contribution in [0.15, 0.2) is 72.8 Å². The molecule has 2 aliphatic carbocycles. The first-order valence-electron chi connectivity index (χ1n) is 12.6. The van der Waals surface area contributed by atoms with Crippen LogP contribution < -0.4 is 0 Å². The van der Waals surface area contributed by atoms with Crippen molar-refractivity contribution in [2.75, 3.05) is 0 Å². The number of alkyl halides is 6. The van der Waals surface area contributed by atoms with E-state index in [1.807, 2.05) is 36.4 Å². The van der Waals surface area contributed by atoms with Gasteiger partial charge in [-0.15, -0.1) is 22.7 Å². The Morgan fingerprint density at radius 3 is 2.10 bits per heavy atom. The Labute approximate surface area is 234 Å². The minimum Gasteiger partial charge on any atom is -0.194 e. The number of fused-ring (bicyclic) bond motifs is 4. The summed E-state index contributed by atoms with van der Waals surface area (Å²) in [6.07, 6.45) is 0.715. The SMILES string of the molecule is Cc1sc(-c2ccc3c(c2)Cc2ccccc2-3)cc1C1=C(c2c(C)sc3ccccc23)C(F)(F)C(F)(F)C1(F)F. The van der Waals surface area contributed by atoms with Gasteiger partial charge in [0, 0.05) is 41.4 Å². The van der Waals surface area contributed by atoms with Crippen molar-refractivity contribution >= 4 is 43.9 Å². The fourth-order valence-electron chi connectivity index (χ4n) is 6.06. The molecule has 0 saturated carbocycles. The van der Waals surface area contributed by atoms with Gasteiger partial charge >= 0.3 is 17.8 Å². The van der Waals surface area contributed by atoms with E-state index in [0.717, 1.165) is 44.9 Å². The predicted octanol–water partition coefficient (Wildman–Crippen LogP) is 10.6. The Bertz CT molecular complexity index is 1890. The zero-order valence-corrected chi connectivity index (χ0v) is 22.9. The number of thiophene rings is 2. The number of halogens is 6. The molecule has 202 valence electrons. The number of allylic oxidation sites excluding steroid dienone is 2. The molecule has 7 rings (SSSR count). The molecule has 0 amide bonds. The van der Waals surface area contributed by atoms with Crippen molar-refractivity contribution in [1.82, 2.24) is 0 Å². The number of hydrogen-bond donors (Lipinski definition) is 0. The fourth-order valence-corrected chi connectivity index (χ4v) is 8.15. The summed E-state index contributed by atoms with van der Waals surface area (Å²) in [6.45, 7) is 3.02. The Morgan fingerprint density at radius 2 is 1.30 bits per heavy atom. The van der Waals surface area contributed by atoms with Crippen LogP contribution in [0.25, 0.3) is 42.8 Å². The lowest BCUT2D eigenvalue weighted by atomic mass is 9.93. The number of hydrogen-bond acceptors (Lipinski definition) is 2. The summed E-state index contributed by atoms with van der Waals surface area (Å²) < 4.78 is 92.9. The normalized spacial score (nSPS) is 18.4. The maximum Gasteiger partial charge on any atom is 0.380 e. The molecule has 0 fully saturated rings. The Kier molecular flexibility index (Phi) is 5.33. The maximum absolute atomic E-state index is 15.6. The van der Waals surface area contributed by atoms with Gasteiger partial charge in [-0.25, -0.2) is 0 Å². The summed E-state index contributed by atoms with van der Waals surface area (Å²) in [5.41, 5.74) is 2.11. The number of rotatable bonds is 3. The van der Waals surface area contributed by atoms with Gasteiger partial charge in [-0.2, -0.15) is 26.3 Å². The molecule has 0 nitrogen and oxygen atoms in total. The van der Waals surface area contributed by atoms with Crippen molar-refractivity contribution < 1.29 is 26.3 Å². The van der Waals surface area contributed by atoms with Gasteiger partial charge in [-0.05, 0) is 71.8 Å². The van der Waals surface area contributed by atoms with Gasteiger partial charge in [-0.3, -0.25) is 0 Å². The standard InChI is InChI=1S/C32H20F6S2/c1-16-24(15-26(39-16)19-11-12-22-20(14-19)13-18-7-3-4-8-21(18)22)28-29(31(35,36)32(37,38)30(28,33)34)27-17(2)40-25-10-6-5-9-23(25)27/h3-12,14-15H,13H2,1-2H3. The molecule has 0 bridgehead atoms. The van der Waals surface area contributed by atoms with Gasteiger partial charge < -0.3 is 0 Å². The third kappa shape index (κ3) is 3.26. The third-order valence-electron chi connectivity index (χ3n) is 7.95. The first-order valence-corrected chi connectivity index (χ1v) is 14.3. The van der Waals surface area contributed by atoms with E-state index in [0.29, 0.717) is 16.0 Å². The van der Waals surface area contributed by atoms with Crippen molar-refractivity contribution in [2.45, 2.75) is 38.0 Å². The molecule has 3 aromatic carbocycles. The lowest BCUT2D eigenvalue weighted by Gasteiger charge is -2.25. The summed E-state index contributed by atoms with van der Waals surface area (Å²) in [6, 6.07) is 21.6. The zero-order chi connectivity index (χ0) is 28.2. The van der Waals surface area contributed by atoms with Crippen LogP contribution in [0, 0.1) is 13.8 Å². The summed E-state index contributed by atoms with van der Waals surface area (Å²) >= 11 is 2.26. The molecule has 0 radical (unpaired) electrons. The Morgan fingerprint density at radius 1 is 0.625 bits per heavy atom. The molecule has 0 aliphatic heterocycles. The molecule has 2 heterocycles. The van der Waals surface area contributed by atoms with Crippen LogP contribution >= 0.6 is 22.7 Å². The summed E-state index contributed by atoms with van der Waals surface area (Å²) in [7, 11) is 0. The van der Waals surface area contributed by atoms with E-state index in [1.165, 1.54) is 31.5 Å². The van der Waals surface area contributed by atoms with E-state index < -0.39 is 28.9 Å². The molecule has 0 N–H and O–H groups in total. The largest absolute Gasteiger partial charge is 0.380 e. The monoisotopic (exact) mass is 582 g/mol. The second-order valence-corrected chi connectivity index (χ2v) is 12.8. The van der Waals surface area contributed by atoms with Crippen LogP contribution in [0.4, 0.5) is 26.3 Å². The highest BCUT2D eigenvalue weighted by molar-refractivity contribution is 7.19. The van der Waals surface area contributed by atoms with Gasteiger partial charge in [0.15, 0.2) is 0 Å². The fraction of sp³-hybridized carbons (Fsp3) is 0.188. The van der Waals surface area contributed by atoms with E-state index in [1.54, 1.807) is 18.2 Å². The van der Waals surface area contributed by atoms with Crippen molar-refractivity contribution in [3.05, 3.63) is 105 Å². The Hall–Kier alpha value is -3.36. The van der Waals surface area contributed by atoms with Crippen LogP contribution in [0.3, 0.4) is 0 Å². The van der Waals surface area contributed by atoms with Gasteiger partial charge in [0.05, 0.1) is 0 Å². The van der Waals surface area contributed by atoms with E-state index in [4.69, 9.17) is 0 Å². The highest BCUT2D eigenvalue weighted by atomic mass is 32.1. The quantitative estimate of drug-likeness (QED) is 0.182. The molecule has 40 heavy (non-hydrogen) atoms. The smallest absolute Gasteiger partial charge is 0.194 e. The Balaban J connectivity index is 1.44. The molecule has 2 aliphatic rings. The second kappa shape index (κ2) is 8.33. The first kappa shape index (κ1) is 25.6. The zero-order valence-electron chi connectivity index (χ0n) is 21.2. The minimum absolute atomic E-state index is 0.236. The van der Waals surface area contributed by atoms with E-state index in [-0.39, 0.29) is 26.3 Å². The molecule has 0 spiro atoms. The molecule has 8 heteroatoms. The maximum atomic E-state index is 15.6. The molecular formula is C32H20F6S2. The lowest BCUT2D eigenvalue weighted by Crippen LogP contribution is -2.48. The summed E-state index contributed by atoms with van der Waals surface area (Å²) in [5, 5.41) is 0.261. The van der Waals surface area contributed by atoms with Gasteiger partial charge in [0.25, 0.3) is 0 Å². The van der Waals surface area contributed by atoms with Gasteiger partial charge in [0.2, 0.25) is 0 Å². The van der Waals surface area contributed by atoms with Crippen LogP contribution in [0.5, 0.6) is 0 Å². The molecule has 2 aromatic heterocycles. The van der Waals surface area contributed by atoms with Crippen LogP contribution in [-0.4, -0.2) is 17.8 Å². The van der Waals surface area contributed by atoms with Crippen LogP contribution in [0.2, 0.25) is 0 Å². The summed E-state index contributed by atoms with van der Waals surface area (Å²) in [5.74, 6) is -15.7. The first-order chi connectivity index (χ1) is 18.9. The van der Waals surface area contributed by atoms with Crippen molar-refractivity contribution in [2.24, 2.45) is 0 Å². The van der Waals surface area contributed by atoms with Crippen molar-refractivity contribution in [3.63, 3.8) is 0 Å². The average Bonchev–Trinajstić information content (AvgIpc) is 3.60. The molecular weight excluding hydrogens is 562 g/mol. The molecule has 0 unspecified atom stereocenters. The van der Waals surface area contributed by atoms with E-state index in [9.17, 15) is 0 Å². The second-order valence-electron chi connectivity index (χ2n) is 10.3. The number of aryl methyl sites for hydroxylation is 2. The number of benzene rings is 3. The average molecular weight is 583 g/mol. The van der Waals surface area contributed by atoms with Crippen LogP contribution in [-0.2, 0) is 6.42 Å². The third-order valence-corrected chi connectivity index (χ3v) is 10.1. The van der Waals surface area contributed by atoms with Crippen molar-refractivity contribution in [3.8, 4) is 21.6 Å². The van der Waals surface area contributed by atoms with Crippen LogP contribution in [0.1, 0.15) is 32.0 Å². The summed E-state index contributed by atoms with van der Waals surface area (Å²) in [4.78, 5) is 1.11. The van der Waals surface area contributed by atoms with Crippen molar-refractivity contribution in [1.29, 1.82) is 0 Å². The highest BCUT2D eigenvalue weighted by Crippen LogP contribution is 2.66.